The maximum atomic E-state index is 12.2. The van der Waals surface area contributed by atoms with Crippen LogP contribution in [0.5, 0.6) is 0 Å². The van der Waals surface area contributed by atoms with Gasteiger partial charge in [0, 0.05) is 23.5 Å². The third kappa shape index (κ3) is 3.47. The molecule has 24 heavy (non-hydrogen) atoms. The number of nitrogens with one attached hydrogen (secondary N) is 1. The standard InChI is InChI=1S/C16H14N4O4/c1-10-6-11(2)19(16(22)14(10)8-17)9-15(21)18-12-4-3-5-13(7-12)20(23)24/h3-7H,9H2,1-2H3,(H,18,21). The van der Waals surface area contributed by atoms with E-state index in [-0.39, 0.29) is 23.5 Å². The van der Waals surface area contributed by atoms with Crippen LogP contribution in [0.2, 0.25) is 0 Å². The second-order valence-electron chi connectivity index (χ2n) is 5.20. The van der Waals surface area contributed by atoms with Crippen LogP contribution in [0.25, 0.3) is 0 Å². The van der Waals surface area contributed by atoms with Crippen molar-refractivity contribution >= 4 is 17.3 Å². The van der Waals surface area contributed by atoms with Gasteiger partial charge in [-0.2, -0.15) is 5.26 Å². The zero-order chi connectivity index (χ0) is 17.9. The number of non-ortho nitro benzene ring substituents is 1. The molecule has 1 heterocycles. The number of nitro benzene ring substituents is 1. The lowest BCUT2D eigenvalue weighted by Crippen LogP contribution is -2.31. The number of aryl methyl sites for hydroxylation is 2. The van der Waals surface area contributed by atoms with E-state index in [0.717, 1.165) is 0 Å². The molecule has 0 bridgehead atoms. The molecule has 0 aliphatic carbocycles. The normalized spacial score (nSPS) is 10.0. The zero-order valence-corrected chi connectivity index (χ0v) is 13.1. The molecule has 0 aliphatic rings. The molecule has 2 aromatic rings. The quantitative estimate of drug-likeness (QED) is 0.680. The van der Waals surface area contributed by atoms with Crippen molar-refractivity contribution in [2.45, 2.75) is 20.4 Å². The highest BCUT2D eigenvalue weighted by atomic mass is 16.6. The van der Waals surface area contributed by atoms with Crippen molar-refractivity contribution in [3.05, 3.63) is 67.6 Å². The Morgan fingerprint density at radius 3 is 2.71 bits per heavy atom. The van der Waals surface area contributed by atoms with Crippen LogP contribution < -0.4 is 10.9 Å². The lowest BCUT2D eigenvalue weighted by molar-refractivity contribution is -0.384. The molecule has 0 saturated heterocycles. The van der Waals surface area contributed by atoms with Gasteiger partial charge in [-0.1, -0.05) is 6.07 Å². The third-order valence-electron chi connectivity index (χ3n) is 3.46. The SMILES string of the molecule is Cc1cc(C)n(CC(=O)Nc2cccc([N+](=O)[O-])c2)c(=O)c1C#N. The maximum Gasteiger partial charge on any atom is 0.271 e. The molecule has 1 aromatic heterocycles. The van der Waals surface area contributed by atoms with E-state index in [4.69, 9.17) is 5.26 Å². The lowest BCUT2D eigenvalue weighted by Gasteiger charge is -2.12. The largest absolute Gasteiger partial charge is 0.324 e. The number of rotatable bonds is 4. The summed E-state index contributed by atoms with van der Waals surface area (Å²) in [6, 6.07) is 8.98. The summed E-state index contributed by atoms with van der Waals surface area (Å²) in [5.74, 6) is -0.520. The number of carbonyl (C=O) groups excluding carboxylic acids is 1. The molecule has 8 heteroatoms. The summed E-state index contributed by atoms with van der Waals surface area (Å²) in [5, 5.41) is 22.3. The Bertz CT molecular complexity index is 925. The monoisotopic (exact) mass is 326 g/mol. The molecule has 0 spiro atoms. The van der Waals surface area contributed by atoms with Gasteiger partial charge < -0.3 is 9.88 Å². The Morgan fingerprint density at radius 2 is 2.08 bits per heavy atom. The molecular weight excluding hydrogens is 312 g/mol. The minimum Gasteiger partial charge on any atom is -0.324 e. The van der Waals surface area contributed by atoms with Crippen molar-refractivity contribution < 1.29 is 9.72 Å². The predicted octanol–water partition coefficient (Wildman–Crippen LogP) is 1.88. The molecule has 0 saturated carbocycles. The van der Waals surface area contributed by atoms with E-state index in [0.29, 0.717) is 11.3 Å². The van der Waals surface area contributed by atoms with E-state index in [1.165, 1.54) is 28.8 Å². The summed E-state index contributed by atoms with van der Waals surface area (Å²) in [7, 11) is 0. The van der Waals surface area contributed by atoms with Gasteiger partial charge in [0.15, 0.2) is 0 Å². The van der Waals surface area contributed by atoms with Crippen molar-refractivity contribution in [3.63, 3.8) is 0 Å². The number of nitro groups is 1. The average molecular weight is 326 g/mol. The van der Waals surface area contributed by atoms with Gasteiger partial charge in [0.2, 0.25) is 5.91 Å². The van der Waals surface area contributed by atoms with Gasteiger partial charge in [-0.3, -0.25) is 19.7 Å². The molecule has 1 aromatic carbocycles. The van der Waals surface area contributed by atoms with E-state index in [1.807, 2.05) is 6.07 Å². The summed E-state index contributed by atoms with van der Waals surface area (Å²) < 4.78 is 1.19. The summed E-state index contributed by atoms with van der Waals surface area (Å²) >= 11 is 0. The van der Waals surface area contributed by atoms with Gasteiger partial charge in [-0.15, -0.1) is 0 Å². The van der Waals surface area contributed by atoms with E-state index in [2.05, 4.69) is 5.32 Å². The number of aromatic nitrogens is 1. The third-order valence-corrected chi connectivity index (χ3v) is 3.46. The molecule has 1 N–H and O–H groups in total. The number of hydrogen-bond acceptors (Lipinski definition) is 5. The second kappa shape index (κ2) is 6.75. The molecule has 122 valence electrons. The first-order valence-electron chi connectivity index (χ1n) is 6.99. The van der Waals surface area contributed by atoms with Crippen LogP contribution in [0.15, 0.2) is 35.1 Å². The average Bonchev–Trinajstić information content (AvgIpc) is 2.52. The molecule has 0 atom stereocenters. The minimum absolute atomic E-state index is 0.0104. The van der Waals surface area contributed by atoms with Gasteiger partial charge in [-0.05, 0) is 31.5 Å². The first-order chi connectivity index (χ1) is 11.3. The highest BCUT2D eigenvalue weighted by Crippen LogP contribution is 2.17. The van der Waals surface area contributed by atoms with Gasteiger partial charge in [0.1, 0.15) is 18.2 Å². The van der Waals surface area contributed by atoms with Crippen LogP contribution in [0.4, 0.5) is 11.4 Å². The van der Waals surface area contributed by atoms with Gasteiger partial charge in [-0.25, -0.2) is 0 Å². The molecule has 1 amide bonds. The maximum absolute atomic E-state index is 12.2. The van der Waals surface area contributed by atoms with Crippen molar-refractivity contribution in [1.29, 1.82) is 5.26 Å². The second-order valence-corrected chi connectivity index (χ2v) is 5.20. The highest BCUT2D eigenvalue weighted by Gasteiger charge is 2.14. The predicted molar refractivity (Wildman–Crippen MR) is 86.6 cm³/mol. The highest BCUT2D eigenvalue weighted by molar-refractivity contribution is 5.90. The first-order valence-corrected chi connectivity index (χ1v) is 6.99. The molecule has 0 aliphatic heterocycles. The fraction of sp³-hybridized carbons (Fsp3) is 0.188. The smallest absolute Gasteiger partial charge is 0.271 e. The van der Waals surface area contributed by atoms with Crippen LogP contribution >= 0.6 is 0 Å². The Balaban J connectivity index is 2.25. The number of benzene rings is 1. The van der Waals surface area contributed by atoms with Crippen molar-refractivity contribution in [2.24, 2.45) is 0 Å². The number of carbonyl (C=O) groups is 1. The first kappa shape index (κ1) is 16.9. The summed E-state index contributed by atoms with van der Waals surface area (Å²) in [5.41, 5.74) is 0.657. The van der Waals surface area contributed by atoms with E-state index >= 15 is 0 Å². The van der Waals surface area contributed by atoms with Crippen LogP contribution in [0.3, 0.4) is 0 Å². The minimum atomic E-state index is -0.566. The van der Waals surface area contributed by atoms with Crippen molar-refractivity contribution in [3.8, 4) is 6.07 Å². The number of nitrogens with zero attached hydrogens (tertiary/aromatic N) is 3. The molecule has 0 radical (unpaired) electrons. The summed E-state index contributed by atoms with van der Waals surface area (Å²) in [6.45, 7) is 3.03. The lowest BCUT2D eigenvalue weighted by atomic mass is 10.1. The van der Waals surface area contributed by atoms with Crippen LogP contribution in [-0.4, -0.2) is 15.4 Å². The summed E-state index contributed by atoms with van der Waals surface area (Å²) in [6.07, 6.45) is 0. The Kier molecular flexibility index (Phi) is 4.75. The van der Waals surface area contributed by atoms with E-state index in [1.54, 1.807) is 19.9 Å². The van der Waals surface area contributed by atoms with Crippen molar-refractivity contribution in [2.75, 3.05) is 5.32 Å². The van der Waals surface area contributed by atoms with E-state index < -0.39 is 16.4 Å². The molecule has 0 fully saturated rings. The van der Waals surface area contributed by atoms with Gasteiger partial charge in [0.05, 0.1) is 4.92 Å². The molecule has 2 rings (SSSR count). The Labute approximate surface area is 137 Å². The van der Waals surface area contributed by atoms with Crippen molar-refractivity contribution in [1.82, 2.24) is 4.57 Å². The van der Waals surface area contributed by atoms with Crippen LogP contribution in [0.1, 0.15) is 16.8 Å². The number of hydrogen-bond donors (Lipinski definition) is 1. The fourth-order valence-corrected chi connectivity index (χ4v) is 2.30. The van der Waals surface area contributed by atoms with Crippen LogP contribution in [0, 0.1) is 35.3 Å². The van der Waals surface area contributed by atoms with E-state index in [9.17, 15) is 19.7 Å². The number of amides is 1. The Morgan fingerprint density at radius 1 is 1.38 bits per heavy atom. The molecular formula is C16H14N4O4. The number of nitriles is 1. The number of pyridine rings is 1. The van der Waals surface area contributed by atoms with Gasteiger partial charge in [0.25, 0.3) is 11.2 Å². The van der Waals surface area contributed by atoms with Crippen LogP contribution in [-0.2, 0) is 11.3 Å². The number of anilines is 1. The molecule has 8 nitrogen and oxygen atoms in total. The molecule has 0 unspecified atom stereocenters. The Hall–Kier alpha value is -3.47. The summed E-state index contributed by atoms with van der Waals surface area (Å²) in [4.78, 5) is 34.5. The zero-order valence-electron chi connectivity index (χ0n) is 13.1. The van der Waals surface area contributed by atoms with Gasteiger partial charge >= 0.3 is 0 Å². The fourth-order valence-electron chi connectivity index (χ4n) is 2.30. The topological polar surface area (TPSA) is 118 Å².